The summed E-state index contributed by atoms with van der Waals surface area (Å²) in [7, 11) is 4.08. The van der Waals surface area contributed by atoms with Crippen molar-refractivity contribution < 1.29 is 33.3 Å². The monoisotopic (exact) mass is 378 g/mol. The van der Waals surface area contributed by atoms with Gasteiger partial charge in [-0.25, -0.2) is 0 Å². The molecule has 0 radical (unpaired) electrons. The van der Waals surface area contributed by atoms with Crippen molar-refractivity contribution in [3.05, 3.63) is 17.4 Å². The molecule has 2 rings (SSSR count). The van der Waals surface area contributed by atoms with E-state index in [0.29, 0.717) is 10.2 Å². The Morgan fingerprint density at radius 1 is 1.36 bits per heavy atom. The number of halogens is 1. The molecule has 1 aromatic carbocycles. The first-order valence-corrected chi connectivity index (χ1v) is 8.18. The van der Waals surface area contributed by atoms with Crippen LogP contribution in [-0.2, 0) is 14.3 Å². The van der Waals surface area contributed by atoms with Gasteiger partial charge in [-0.1, -0.05) is 0 Å². The first kappa shape index (κ1) is 16.7. The van der Waals surface area contributed by atoms with Gasteiger partial charge in [0.1, 0.15) is 0 Å². The molecule has 120 valence electrons. The van der Waals surface area contributed by atoms with Crippen LogP contribution in [0, 0.1) is 5.82 Å². The number of Topliss-reactive ketones (excluding diaryl/α,β-unsaturated/α-hetero) is 1. The van der Waals surface area contributed by atoms with Crippen LogP contribution in [0.2, 0.25) is 0 Å². The normalized spacial score (nSPS) is 17.2. The summed E-state index contributed by atoms with van der Waals surface area (Å²) in [5, 5.41) is 8.91. The first-order valence-electron chi connectivity index (χ1n) is 6.33. The minimum absolute atomic E-state index is 0.280. The van der Waals surface area contributed by atoms with E-state index in [1.807, 2.05) is 0 Å². The Hall–Kier alpha value is -1.63. The number of hydrogen-bond acceptors (Lipinski definition) is 5. The Morgan fingerprint density at radius 3 is 2.55 bits per heavy atom. The Kier molecular flexibility index (Phi) is 5.05. The van der Waals surface area contributed by atoms with E-state index in [9.17, 15) is 14.0 Å². The van der Waals surface area contributed by atoms with Crippen molar-refractivity contribution >= 4 is 31.2 Å². The van der Waals surface area contributed by atoms with E-state index in [1.54, 1.807) is 0 Å². The summed E-state index contributed by atoms with van der Waals surface area (Å²) in [5.74, 6) is -1.37. The molecule has 6 nitrogen and oxygen atoms in total. The molecule has 1 aromatic rings. The summed E-state index contributed by atoms with van der Waals surface area (Å²) < 4.78 is 29.8. The molecule has 0 fully saturated rings. The van der Waals surface area contributed by atoms with E-state index in [0.717, 1.165) is 0 Å². The Labute approximate surface area is 132 Å². The van der Waals surface area contributed by atoms with Gasteiger partial charge in [0.05, 0.1) is 0 Å². The Bertz CT molecular complexity index is 618. The van der Waals surface area contributed by atoms with Crippen LogP contribution in [0.4, 0.5) is 4.39 Å². The topological polar surface area (TPSA) is 82.1 Å². The van der Waals surface area contributed by atoms with Gasteiger partial charge in [-0.15, -0.1) is 0 Å². The van der Waals surface area contributed by atoms with Gasteiger partial charge in [0.15, 0.2) is 0 Å². The number of aliphatic carboxylic acids is 1. The molecule has 1 aliphatic rings. The average molecular weight is 377 g/mol. The van der Waals surface area contributed by atoms with E-state index in [-0.39, 0.29) is 38.5 Å². The fraction of sp³-hybridized carbons (Fsp3) is 0.429. The van der Waals surface area contributed by atoms with Crippen LogP contribution < -0.4 is 13.9 Å². The molecule has 0 bridgehead atoms. The van der Waals surface area contributed by atoms with Gasteiger partial charge in [0, 0.05) is 0 Å². The number of methoxy groups -OCH3 is 3. The van der Waals surface area contributed by atoms with Crippen LogP contribution in [0.15, 0.2) is 6.07 Å². The second-order valence-corrected chi connectivity index (χ2v) is 6.91. The number of carbonyl (C=O) groups is 2. The quantitative estimate of drug-likeness (QED) is 0.688. The fourth-order valence-corrected chi connectivity index (χ4v) is 4.86. The van der Waals surface area contributed by atoms with E-state index in [4.69, 9.17) is 19.3 Å². The summed E-state index contributed by atoms with van der Waals surface area (Å²) in [4.78, 5) is 22.5. The third kappa shape index (κ3) is 2.82. The molecule has 0 saturated heterocycles. The van der Waals surface area contributed by atoms with Crippen molar-refractivity contribution in [1.29, 1.82) is 0 Å². The maximum absolute atomic E-state index is 14.2. The molecule has 1 heterocycles. The minimum atomic E-state index is -1.21. The van der Waals surface area contributed by atoms with Crippen molar-refractivity contribution in [1.82, 2.24) is 0 Å². The molecule has 22 heavy (non-hydrogen) atoms. The summed E-state index contributed by atoms with van der Waals surface area (Å²) >= 11 is -0.329. The van der Waals surface area contributed by atoms with Crippen molar-refractivity contribution in [2.24, 2.45) is 0 Å². The number of carboxylic acids is 1. The summed E-state index contributed by atoms with van der Waals surface area (Å²) in [5.41, 5.74) is 0.280. The van der Waals surface area contributed by atoms with E-state index in [2.05, 4.69) is 0 Å². The Balaban J connectivity index is 2.26. The molecule has 0 aromatic heterocycles. The zero-order chi connectivity index (χ0) is 16.4. The molecule has 0 amide bonds. The number of hydrogen-bond donors (Lipinski definition) is 1. The second-order valence-electron chi connectivity index (χ2n) is 4.57. The predicted octanol–water partition coefficient (Wildman–Crippen LogP) is 0.286. The molecule has 0 aliphatic carbocycles. The van der Waals surface area contributed by atoms with Gasteiger partial charge in [0.25, 0.3) is 0 Å². The van der Waals surface area contributed by atoms with Gasteiger partial charge in [-0.3, -0.25) is 0 Å². The second kappa shape index (κ2) is 6.64. The van der Waals surface area contributed by atoms with Crippen molar-refractivity contribution in [3.8, 4) is 11.5 Å². The number of ketones is 1. The number of fused-ring (bicyclic) bond motifs is 1. The van der Waals surface area contributed by atoms with Crippen LogP contribution in [0.5, 0.6) is 11.5 Å². The summed E-state index contributed by atoms with van der Waals surface area (Å²) in [6.07, 6.45) is -1.50. The van der Waals surface area contributed by atoms with E-state index < -0.39 is 22.7 Å². The third-order valence-electron chi connectivity index (χ3n) is 3.35. The van der Waals surface area contributed by atoms with E-state index >= 15 is 0 Å². The van der Waals surface area contributed by atoms with Gasteiger partial charge in [-0.2, -0.15) is 0 Å². The van der Waals surface area contributed by atoms with Crippen LogP contribution >= 0.6 is 0 Å². The summed E-state index contributed by atoms with van der Waals surface area (Å²) in [6.45, 7) is 0. The molecule has 1 N–H and O–H groups in total. The zero-order valence-corrected chi connectivity index (χ0v) is 13.9. The average Bonchev–Trinajstić information content (AvgIpc) is 2.44. The van der Waals surface area contributed by atoms with Crippen LogP contribution in [0.1, 0.15) is 16.8 Å². The number of carbonyl (C=O) groups excluding carboxylic acids is 1. The standard InChI is InChI=1S/C14H15FO6Se/c1-19-8-4-6(15)10-12(22-13(10)11(8)21-3)7(16)5-9(20-2)14(17)18/h4,9,12H,5H2,1-3H3,(H,17,18). The molecule has 2 atom stereocenters. The van der Waals surface area contributed by atoms with Gasteiger partial charge >= 0.3 is 132 Å². The van der Waals surface area contributed by atoms with Crippen LogP contribution in [0.25, 0.3) is 0 Å². The van der Waals surface area contributed by atoms with Crippen molar-refractivity contribution in [2.45, 2.75) is 17.3 Å². The third-order valence-corrected chi connectivity index (χ3v) is 6.24. The SMILES string of the molecule is COc1cc(F)c2c(c1OC)[Se]C2C(=O)CC(OC)C(=O)O. The zero-order valence-electron chi connectivity index (χ0n) is 12.2. The maximum atomic E-state index is 14.2. The molecular weight excluding hydrogens is 362 g/mol. The molecule has 0 saturated carbocycles. The molecule has 2 unspecified atom stereocenters. The molecule has 0 spiro atoms. The first-order chi connectivity index (χ1) is 10.4. The van der Waals surface area contributed by atoms with Crippen LogP contribution in [0.3, 0.4) is 0 Å². The van der Waals surface area contributed by atoms with E-state index in [1.165, 1.54) is 27.4 Å². The predicted molar refractivity (Wildman–Crippen MR) is 75.7 cm³/mol. The molecule has 1 aliphatic heterocycles. The van der Waals surface area contributed by atoms with Gasteiger partial charge in [-0.05, 0) is 0 Å². The van der Waals surface area contributed by atoms with Gasteiger partial charge in [0.2, 0.25) is 0 Å². The number of benzene rings is 1. The fourth-order valence-electron chi connectivity index (χ4n) is 2.21. The van der Waals surface area contributed by atoms with Crippen molar-refractivity contribution in [2.75, 3.05) is 21.3 Å². The summed E-state index contributed by atoms with van der Waals surface area (Å²) in [6, 6.07) is 1.18. The number of rotatable bonds is 7. The molecule has 8 heteroatoms. The van der Waals surface area contributed by atoms with Crippen LogP contribution in [-0.4, -0.2) is 59.2 Å². The number of ether oxygens (including phenoxy) is 3. The Morgan fingerprint density at radius 2 is 2.05 bits per heavy atom. The van der Waals surface area contributed by atoms with Gasteiger partial charge < -0.3 is 0 Å². The van der Waals surface area contributed by atoms with Crippen molar-refractivity contribution in [3.63, 3.8) is 0 Å². The number of carboxylic acid groups (broad SMARTS) is 1. The molecular formula is C14H15FO6Se.